The summed E-state index contributed by atoms with van der Waals surface area (Å²) in [5.74, 6) is 0.931. The molecule has 0 radical (unpaired) electrons. The second-order valence-electron chi connectivity index (χ2n) is 4.89. The van der Waals surface area contributed by atoms with Gasteiger partial charge in [0.25, 0.3) is 0 Å². The van der Waals surface area contributed by atoms with Gasteiger partial charge >= 0.3 is 0 Å². The summed E-state index contributed by atoms with van der Waals surface area (Å²) in [7, 11) is 0. The molecule has 1 heterocycles. The van der Waals surface area contributed by atoms with Crippen LogP contribution in [0.25, 0.3) is 0 Å². The number of fused-ring (bicyclic) bond motifs is 1. The van der Waals surface area contributed by atoms with Crippen LogP contribution < -0.4 is 4.74 Å². The normalized spacial score (nSPS) is 17.5. The van der Waals surface area contributed by atoms with Gasteiger partial charge in [0.1, 0.15) is 12.4 Å². The average Bonchev–Trinajstić information content (AvgIpc) is 3.04. The number of benzene rings is 1. The molecule has 19 heavy (non-hydrogen) atoms. The lowest BCUT2D eigenvalue weighted by atomic mass is 10.1. The van der Waals surface area contributed by atoms with E-state index < -0.39 is 0 Å². The van der Waals surface area contributed by atoms with Crippen molar-refractivity contribution in [3.05, 3.63) is 51.2 Å². The number of aliphatic hydroxyl groups is 1. The second kappa shape index (κ2) is 5.35. The van der Waals surface area contributed by atoms with E-state index in [1.165, 1.54) is 15.3 Å². The van der Waals surface area contributed by atoms with E-state index in [-0.39, 0.29) is 6.10 Å². The lowest BCUT2D eigenvalue weighted by molar-refractivity contribution is 0.180. The molecule has 0 bridgehead atoms. The van der Waals surface area contributed by atoms with Crippen LogP contribution >= 0.6 is 11.3 Å². The molecule has 1 atom stereocenters. The quantitative estimate of drug-likeness (QED) is 0.917. The highest BCUT2D eigenvalue weighted by molar-refractivity contribution is 7.11. The molecule has 1 aliphatic carbocycles. The van der Waals surface area contributed by atoms with Gasteiger partial charge in [-0.3, -0.25) is 0 Å². The Morgan fingerprint density at radius 1 is 1.26 bits per heavy atom. The Balaban J connectivity index is 1.74. The van der Waals surface area contributed by atoms with Gasteiger partial charge in [-0.1, -0.05) is 19.1 Å². The molecule has 2 aromatic rings. The summed E-state index contributed by atoms with van der Waals surface area (Å²) in [6.07, 6.45) is 2.50. The van der Waals surface area contributed by atoms with E-state index in [4.69, 9.17) is 4.74 Å². The van der Waals surface area contributed by atoms with Crippen molar-refractivity contribution >= 4 is 11.3 Å². The number of hydrogen-bond donors (Lipinski definition) is 1. The van der Waals surface area contributed by atoms with E-state index in [9.17, 15) is 5.11 Å². The highest BCUT2D eigenvalue weighted by Crippen LogP contribution is 2.37. The largest absolute Gasteiger partial charge is 0.488 e. The van der Waals surface area contributed by atoms with E-state index in [1.54, 1.807) is 0 Å². The summed E-state index contributed by atoms with van der Waals surface area (Å²) in [4.78, 5) is 2.65. The van der Waals surface area contributed by atoms with Crippen LogP contribution in [0.2, 0.25) is 0 Å². The van der Waals surface area contributed by atoms with Crippen LogP contribution in [0.1, 0.15) is 40.3 Å². The zero-order chi connectivity index (χ0) is 13.2. The van der Waals surface area contributed by atoms with Crippen molar-refractivity contribution in [3.63, 3.8) is 0 Å². The first-order valence-corrected chi connectivity index (χ1v) is 7.60. The fraction of sp³-hybridized carbons (Fsp3) is 0.375. The van der Waals surface area contributed by atoms with Crippen molar-refractivity contribution in [1.29, 1.82) is 0 Å². The molecule has 0 spiro atoms. The first-order chi connectivity index (χ1) is 9.28. The maximum Gasteiger partial charge on any atom is 0.123 e. The molecule has 3 rings (SSSR count). The van der Waals surface area contributed by atoms with Crippen molar-refractivity contribution < 1.29 is 9.84 Å². The Hall–Kier alpha value is -1.32. The number of thiophene rings is 1. The van der Waals surface area contributed by atoms with Crippen LogP contribution in [-0.2, 0) is 19.4 Å². The summed E-state index contributed by atoms with van der Waals surface area (Å²) in [6.45, 7) is 2.79. The Labute approximate surface area is 117 Å². The summed E-state index contributed by atoms with van der Waals surface area (Å²) in [5, 5.41) is 9.87. The maximum absolute atomic E-state index is 9.87. The fourth-order valence-electron chi connectivity index (χ4n) is 2.57. The van der Waals surface area contributed by atoms with Crippen molar-refractivity contribution in [2.75, 3.05) is 0 Å². The highest BCUT2D eigenvalue weighted by Gasteiger charge is 2.23. The van der Waals surface area contributed by atoms with Crippen LogP contribution in [-0.4, -0.2) is 5.11 Å². The molecule has 1 aliphatic rings. The van der Waals surface area contributed by atoms with Crippen LogP contribution in [0.15, 0.2) is 30.3 Å². The molecule has 0 amide bonds. The van der Waals surface area contributed by atoms with Crippen molar-refractivity contribution in [2.24, 2.45) is 0 Å². The number of rotatable bonds is 4. The standard InChI is InChI=1S/C16H18O2S/c1-2-11-6-7-12(19-11)10-18-16-5-3-4-13-14(16)8-9-15(13)17/h3-7,15,17H,2,8-10H2,1H3. The van der Waals surface area contributed by atoms with Gasteiger partial charge in [-0.05, 0) is 43.0 Å². The van der Waals surface area contributed by atoms with Gasteiger partial charge in [0.15, 0.2) is 0 Å². The van der Waals surface area contributed by atoms with Crippen molar-refractivity contribution in [1.82, 2.24) is 0 Å². The maximum atomic E-state index is 9.87. The molecule has 1 aromatic carbocycles. The second-order valence-corrected chi connectivity index (χ2v) is 6.14. The minimum absolute atomic E-state index is 0.313. The number of hydrogen-bond acceptors (Lipinski definition) is 3. The lowest BCUT2D eigenvalue weighted by Gasteiger charge is -2.10. The van der Waals surface area contributed by atoms with Gasteiger partial charge in [-0.15, -0.1) is 11.3 Å². The summed E-state index contributed by atoms with van der Waals surface area (Å²) in [6, 6.07) is 10.3. The van der Waals surface area contributed by atoms with Gasteiger partial charge in [-0.25, -0.2) is 0 Å². The Bertz CT molecular complexity index is 574. The monoisotopic (exact) mass is 274 g/mol. The summed E-state index contributed by atoms with van der Waals surface area (Å²) < 4.78 is 5.94. The molecule has 100 valence electrons. The number of ether oxygens (including phenoxy) is 1. The molecule has 0 saturated heterocycles. The first kappa shape index (κ1) is 12.7. The Morgan fingerprint density at radius 2 is 2.11 bits per heavy atom. The minimum Gasteiger partial charge on any atom is -0.488 e. The van der Waals surface area contributed by atoms with Gasteiger partial charge in [0.05, 0.1) is 6.10 Å². The lowest BCUT2D eigenvalue weighted by Crippen LogP contribution is -1.97. The van der Waals surface area contributed by atoms with Crippen molar-refractivity contribution in [2.45, 2.75) is 38.9 Å². The molecular formula is C16H18O2S. The van der Waals surface area contributed by atoms with E-state index in [0.717, 1.165) is 30.6 Å². The van der Waals surface area contributed by atoms with Crippen LogP contribution in [0, 0.1) is 0 Å². The van der Waals surface area contributed by atoms with E-state index in [0.29, 0.717) is 6.61 Å². The predicted molar refractivity (Wildman–Crippen MR) is 77.8 cm³/mol. The van der Waals surface area contributed by atoms with Crippen LogP contribution in [0.4, 0.5) is 0 Å². The smallest absolute Gasteiger partial charge is 0.123 e. The average molecular weight is 274 g/mol. The molecule has 1 aromatic heterocycles. The van der Waals surface area contributed by atoms with Gasteiger partial charge in [0.2, 0.25) is 0 Å². The molecule has 3 heteroatoms. The topological polar surface area (TPSA) is 29.5 Å². The molecule has 0 aliphatic heterocycles. The van der Waals surface area contributed by atoms with E-state index >= 15 is 0 Å². The molecule has 1 unspecified atom stereocenters. The highest BCUT2D eigenvalue weighted by atomic mass is 32.1. The fourth-order valence-corrected chi connectivity index (χ4v) is 3.44. The van der Waals surface area contributed by atoms with Gasteiger partial charge < -0.3 is 9.84 Å². The molecule has 0 saturated carbocycles. The predicted octanol–water partition coefficient (Wildman–Crippen LogP) is 3.87. The van der Waals surface area contributed by atoms with Gasteiger partial charge in [0, 0.05) is 15.3 Å². The minimum atomic E-state index is -0.313. The van der Waals surface area contributed by atoms with E-state index in [1.807, 2.05) is 29.5 Å². The number of aryl methyl sites for hydroxylation is 1. The number of aliphatic hydroxyl groups excluding tert-OH is 1. The third kappa shape index (κ3) is 2.53. The SMILES string of the molecule is CCc1ccc(COc2cccc3c2CCC3O)s1. The first-order valence-electron chi connectivity index (χ1n) is 6.78. The summed E-state index contributed by atoms with van der Waals surface area (Å²) >= 11 is 1.81. The zero-order valence-corrected chi connectivity index (χ0v) is 11.9. The van der Waals surface area contributed by atoms with Gasteiger partial charge in [-0.2, -0.15) is 0 Å². The molecule has 0 fully saturated rings. The van der Waals surface area contributed by atoms with E-state index in [2.05, 4.69) is 19.1 Å². The molecule has 2 nitrogen and oxygen atoms in total. The Kier molecular flexibility index (Phi) is 3.58. The third-order valence-electron chi connectivity index (χ3n) is 3.63. The third-order valence-corrected chi connectivity index (χ3v) is 4.83. The zero-order valence-electron chi connectivity index (χ0n) is 11.1. The Morgan fingerprint density at radius 3 is 2.89 bits per heavy atom. The summed E-state index contributed by atoms with van der Waals surface area (Å²) in [5.41, 5.74) is 2.22. The van der Waals surface area contributed by atoms with Crippen LogP contribution in [0.3, 0.4) is 0 Å². The molecule has 1 N–H and O–H groups in total. The van der Waals surface area contributed by atoms with Crippen LogP contribution in [0.5, 0.6) is 5.75 Å². The van der Waals surface area contributed by atoms with Crippen molar-refractivity contribution in [3.8, 4) is 5.75 Å². The molecular weight excluding hydrogens is 256 g/mol.